The van der Waals surface area contributed by atoms with Crippen LogP contribution in [0.5, 0.6) is 11.5 Å². The summed E-state index contributed by atoms with van der Waals surface area (Å²) in [5.41, 5.74) is 8.02. The van der Waals surface area contributed by atoms with Crippen LogP contribution >= 0.6 is 0 Å². The summed E-state index contributed by atoms with van der Waals surface area (Å²) in [6, 6.07) is 14.9. The van der Waals surface area contributed by atoms with Crippen molar-refractivity contribution in [3.05, 3.63) is 59.7 Å². The lowest BCUT2D eigenvalue weighted by Crippen LogP contribution is -2.10. The molecular formula is C16H19NO2. The SMILES string of the molecule is CCC(N)c1ccccc1OCc1cccc(O)c1. The molecule has 0 bridgehead atoms. The van der Waals surface area contributed by atoms with E-state index in [0.29, 0.717) is 6.61 Å². The number of hydrogen-bond acceptors (Lipinski definition) is 3. The minimum absolute atomic E-state index is 0.0135. The molecule has 1 unspecified atom stereocenters. The minimum Gasteiger partial charge on any atom is -0.508 e. The summed E-state index contributed by atoms with van der Waals surface area (Å²) in [7, 11) is 0. The topological polar surface area (TPSA) is 55.5 Å². The Morgan fingerprint density at radius 1 is 1.16 bits per heavy atom. The van der Waals surface area contributed by atoms with Crippen molar-refractivity contribution in [2.45, 2.75) is 26.0 Å². The van der Waals surface area contributed by atoms with Gasteiger partial charge in [-0.05, 0) is 30.2 Å². The Balaban J connectivity index is 2.11. The second kappa shape index (κ2) is 6.25. The molecule has 1 atom stereocenters. The van der Waals surface area contributed by atoms with Crippen LogP contribution in [0.4, 0.5) is 0 Å². The third kappa shape index (κ3) is 3.48. The highest BCUT2D eigenvalue weighted by molar-refractivity contribution is 5.36. The summed E-state index contributed by atoms with van der Waals surface area (Å²) in [6.45, 7) is 2.47. The van der Waals surface area contributed by atoms with Crippen LogP contribution in [0.1, 0.15) is 30.5 Å². The number of phenolic OH excluding ortho intramolecular Hbond substituents is 1. The first-order valence-electron chi connectivity index (χ1n) is 6.46. The monoisotopic (exact) mass is 257 g/mol. The summed E-state index contributed by atoms with van der Waals surface area (Å²) < 4.78 is 5.81. The van der Waals surface area contributed by atoms with E-state index < -0.39 is 0 Å². The van der Waals surface area contributed by atoms with Gasteiger partial charge < -0.3 is 15.6 Å². The van der Waals surface area contributed by atoms with Crippen molar-refractivity contribution < 1.29 is 9.84 Å². The molecule has 0 aliphatic heterocycles. The average molecular weight is 257 g/mol. The maximum absolute atomic E-state index is 9.42. The highest BCUT2D eigenvalue weighted by Crippen LogP contribution is 2.26. The molecule has 0 aliphatic rings. The number of benzene rings is 2. The van der Waals surface area contributed by atoms with Gasteiger partial charge in [0.15, 0.2) is 0 Å². The van der Waals surface area contributed by atoms with Gasteiger partial charge >= 0.3 is 0 Å². The lowest BCUT2D eigenvalue weighted by atomic mass is 10.0. The van der Waals surface area contributed by atoms with Gasteiger partial charge in [-0.15, -0.1) is 0 Å². The van der Waals surface area contributed by atoms with Crippen LogP contribution < -0.4 is 10.5 Å². The number of rotatable bonds is 5. The Bertz CT molecular complexity index is 540. The van der Waals surface area contributed by atoms with E-state index in [2.05, 4.69) is 6.92 Å². The second-order valence-corrected chi connectivity index (χ2v) is 4.51. The van der Waals surface area contributed by atoms with Crippen LogP contribution in [-0.2, 0) is 6.61 Å². The zero-order valence-electron chi connectivity index (χ0n) is 11.0. The quantitative estimate of drug-likeness (QED) is 0.863. The van der Waals surface area contributed by atoms with E-state index in [9.17, 15) is 5.11 Å². The summed E-state index contributed by atoms with van der Waals surface area (Å²) in [5, 5.41) is 9.42. The molecule has 0 saturated carbocycles. The molecule has 3 N–H and O–H groups in total. The molecule has 3 nitrogen and oxygen atoms in total. The molecule has 2 aromatic rings. The third-order valence-corrected chi connectivity index (χ3v) is 3.06. The zero-order valence-corrected chi connectivity index (χ0v) is 11.0. The molecule has 3 heteroatoms. The predicted octanol–water partition coefficient (Wildman–Crippen LogP) is 3.38. The van der Waals surface area contributed by atoms with Crippen LogP contribution in [-0.4, -0.2) is 5.11 Å². The number of ether oxygens (including phenoxy) is 1. The van der Waals surface area contributed by atoms with Gasteiger partial charge in [-0.2, -0.15) is 0 Å². The highest BCUT2D eigenvalue weighted by Gasteiger charge is 2.09. The van der Waals surface area contributed by atoms with E-state index >= 15 is 0 Å². The molecule has 2 aromatic carbocycles. The largest absolute Gasteiger partial charge is 0.508 e. The van der Waals surface area contributed by atoms with E-state index in [1.54, 1.807) is 18.2 Å². The van der Waals surface area contributed by atoms with Crippen molar-refractivity contribution >= 4 is 0 Å². The van der Waals surface area contributed by atoms with Gasteiger partial charge in [-0.25, -0.2) is 0 Å². The fourth-order valence-corrected chi connectivity index (χ4v) is 1.95. The van der Waals surface area contributed by atoms with E-state index in [-0.39, 0.29) is 11.8 Å². The van der Waals surface area contributed by atoms with Gasteiger partial charge in [-0.1, -0.05) is 37.3 Å². The van der Waals surface area contributed by atoms with Crippen LogP contribution in [0.15, 0.2) is 48.5 Å². The smallest absolute Gasteiger partial charge is 0.124 e. The molecule has 100 valence electrons. The van der Waals surface area contributed by atoms with Crippen LogP contribution in [0, 0.1) is 0 Å². The predicted molar refractivity (Wildman–Crippen MR) is 76.1 cm³/mol. The summed E-state index contributed by atoms with van der Waals surface area (Å²) in [6.07, 6.45) is 0.868. The highest BCUT2D eigenvalue weighted by atomic mass is 16.5. The van der Waals surface area contributed by atoms with Gasteiger partial charge in [0, 0.05) is 11.6 Å². The molecule has 0 saturated heterocycles. The van der Waals surface area contributed by atoms with Crippen LogP contribution in [0.25, 0.3) is 0 Å². The fourth-order valence-electron chi connectivity index (χ4n) is 1.95. The van der Waals surface area contributed by atoms with Gasteiger partial charge in [0.2, 0.25) is 0 Å². The lowest BCUT2D eigenvalue weighted by Gasteiger charge is -2.15. The van der Waals surface area contributed by atoms with Crippen molar-refractivity contribution in [1.82, 2.24) is 0 Å². The molecule has 0 heterocycles. The number of nitrogens with two attached hydrogens (primary N) is 1. The molecule has 2 rings (SSSR count). The molecule has 0 aliphatic carbocycles. The Kier molecular flexibility index (Phi) is 4.42. The van der Waals surface area contributed by atoms with Crippen molar-refractivity contribution in [3.8, 4) is 11.5 Å². The van der Waals surface area contributed by atoms with Gasteiger partial charge in [0.05, 0.1) is 0 Å². The van der Waals surface area contributed by atoms with Gasteiger partial charge in [0.1, 0.15) is 18.1 Å². The average Bonchev–Trinajstić information content (AvgIpc) is 2.45. The number of hydrogen-bond donors (Lipinski definition) is 2. The maximum atomic E-state index is 9.42. The van der Waals surface area contributed by atoms with Crippen LogP contribution in [0.2, 0.25) is 0 Å². The molecule has 19 heavy (non-hydrogen) atoms. The van der Waals surface area contributed by atoms with Crippen molar-refractivity contribution in [2.24, 2.45) is 5.73 Å². The number of para-hydroxylation sites is 1. The van der Waals surface area contributed by atoms with Crippen molar-refractivity contribution in [2.75, 3.05) is 0 Å². The summed E-state index contributed by atoms with van der Waals surface area (Å²) in [5.74, 6) is 1.06. The molecule has 0 spiro atoms. The maximum Gasteiger partial charge on any atom is 0.124 e. The van der Waals surface area contributed by atoms with Crippen molar-refractivity contribution in [1.29, 1.82) is 0 Å². The van der Waals surface area contributed by atoms with Gasteiger partial charge in [-0.3, -0.25) is 0 Å². The Hall–Kier alpha value is -2.00. The fraction of sp³-hybridized carbons (Fsp3) is 0.250. The Morgan fingerprint density at radius 3 is 2.68 bits per heavy atom. The Labute approximate surface area is 113 Å². The minimum atomic E-state index is -0.0135. The first-order chi connectivity index (χ1) is 9.20. The van der Waals surface area contributed by atoms with E-state index in [1.165, 1.54) is 0 Å². The first kappa shape index (κ1) is 13.4. The first-order valence-corrected chi connectivity index (χ1v) is 6.46. The molecule has 0 radical (unpaired) electrons. The van der Waals surface area contributed by atoms with E-state index in [1.807, 2.05) is 30.3 Å². The summed E-state index contributed by atoms with van der Waals surface area (Å²) in [4.78, 5) is 0. The second-order valence-electron chi connectivity index (χ2n) is 4.51. The Morgan fingerprint density at radius 2 is 1.95 bits per heavy atom. The third-order valence-electron chi connectivity index (χ3n) is 3.06. The molecular weight excluding hydrogens is 238 g/mol. The van der Waals surface area contributed by atoms with Crippen LogP contribution in [0.3, 0.4) is 0 Å². The standard InChI is InChI=1S/C16H19NO2/c1-2-15(17)14-8-3-4-9-16(14)19-11-12-6-5-7-13(18)10-12/h3-10,15,18H,2,11,17H2,1H3. The van der Waals surface area contributed by atoms with E-state index in [0.717, 1.165) is 23.3 Å². The molecule has 0 aromatic heterocycles. The van der Waals surface area contributed by atoms with Crippen molar-refractivity contribution in [3.63, 3.8) is 0 Å². The van der Waals surface area contributed by atoms with Gasteiger partial charge in [0.25, 0.3) is 0 Å². The molecule has 0 fully saturated rings. The molecule has 0 amide bonds. The number of aromatic hydroxyl groups is 1. The van der Waals surface area contributed by atoms with E-state index in [4.69, 9.17) is 10.5 Å². The lowest BCUT2D eigenvalue weighted by molar-refractivity contribution is 0.300. The number of phenols is 1. The normalized spacial score (nSPS) is 12.1. The zero-order chi connectivity index (χ0) is 13.7. The summed E-state index contributed by atoms with van der Waals surface area (Å²) >= 11 is 0.